The molecule has 1 heterocycles. The Kier molecular flexibility index (Phi) is 3.17. The number of ether oxygens (including phenoxy) is 1. The molecule has 2 aromatic rings. The third-order valence-corrected chi connectivity index (χ3v) is 3.28. The van der Waals surface area contributed by atoms with Crippen LogP contribution in [0, 0.1) is 19.7 Å². The number of aromatic nitrogens is 2. The number of nitrogens with zero attached hydrogens (tertiary/aromatic N) is 2. The van der Waals surface area contributed by atoms with Crippen molar-refractivity contribution in [3.63, 3.8) is 0 Å². The Hall–Kier alpha value is -1.75. The van der Waals surface area contributed by atoms with Crippen molar-refractivity contribution in [2.45, 2.75) is 13.8 Å². The second-order valence-electron chi connectivity index (χ2n) is 3.94. The van der Waals surface area contributed by atoms with E-state index >= 15 is 0 Å². The van der Waals surface area contributed by atoms with Crippen LogP contribution < -0.4 is 10.5 Å². The van der Waals surface area contributed by atoms with Gasteiger partial charge in [-0.2, -0.15) is 5.10 Å². The zero-order chi connectivity index (χ0) is 13.4. The molecule has 0 aliphatic carbocycles. The third kappa shape index (κ3) is 1.90. The van der Waals surface area contributed by atoms with Crippen molar-refractivity contribution >= 4 is 17.3 Å². The minimum absolute atomic E-state index is 0.242. The predicted octanol–water partition coefficient (Wildman–Crippen LogP) is 2.87. The van der Waals surface area contributed by atoms with Crippen molar-refractivity contribution in [2.75, 3.05) is 12.8 Å². The maximum absolute atomic E-state index is 13.9. The fourth-order valence-corrected chi connectivity index (χ4v) is 1.87. The van der Waals surface area contributed by atoms with E-state index in [4.69, 9.17) is 22.1 Å². The molecule has 0 aliphatic rings. The van der Waals surface area contributed by atoms with E-state index < -0.39 is 5.82 Å². The van der Waals surface area contributed by atoms with Gasteiger partial charge in [0.1, 0.15) is 11.4 Å². The van der Waals surface area contributed by atoms with Crippen molar-refractivity contribution in [1.82, 2.24) is 9.78 Å². The summed E-state index contributed by atoms with van der Waals surface area (Å²) in [4.78, 5) is 0. The average molecular weight is 270 g/mol. The largest absolute Gasteiger partial charge is 0.495 e. The molecule has 18 heavy (non-hydrogen) atoms. The summed E-state index contributed by atoms with van der Waals surface area (Å²) in [6.45, 7) is 3.53. The molecule has 2 rings (SSSR count). The molecular weight excluding hydrogens is 257 g/mol. The van der Waals surface area contributed by atoms with Gasteiger partial charge in [-0.3, -0.25) is 0 Å². The number of rotatable bonds is 2. The smallest absolute Gasteiger partial charge is 0.151 e. The van der Waals surface area contributed by atoms with E-state index in [1.54, 1.807) is 13.8 Å². The minimum Gasteiger partial charge on any atom is -0.495 e. The van der Waals surface area contributed by atoms with Crippen molar-refractivity contribution in [3.8, 4) is 11.4 Å². The average Bonchev–Trinajstić information content (AvgIpc) is 2.57. The second-order valence-corrected chi connectivity index (χ2v) is 4.32. The number of benzene rings is 1. The molecule has 0 fully saturated rings. The van der Waals surface area contributed by atoms with E-state index in [0.717, 1.165) is 0 Å². The Balaban J connectivity index is 2.67. The van der Waals surface area contributed by atoms with Gasteiger partial charge in [-0.25, -0.2) is 9.07 Å². The molecule has 0 unspecified atom stereocenters. The Labute approximate surface area is 109 Å². The second kappa shape index (κ2) is 4.49. The molecule has 0 spiro atoms. The van der Waals surface area contributed by atoms with Gasteiger partial charge in [-0.1, -0.05) is 11.6 Å². The normalized spacial score (nSPS) is 10.7. The van der Waals surface area contributed by atoms with E-state index in [9.17, 15) is 4.39 Å². The maximum atomic E-state index is 13.9. The number of aryl methyl sites for hydroxylation is 1. The SMILES string of the molecule is COc1cc(-n2nc(C)c(Cl)c2C)c(F)cc1N. The number of hydrogen-bond donors (Lipinski definition) is 1. The number of nitrogen functional groups attached to an aromatic ring is 1. The summed E-state index contributed by atoms with van der Waals surface area (Å²) in [5.74, 6) is -0.0781. The zero-order valence-electron chi connectivity index (χ0n) is 10.3. The number of halogens is 2. The van der Waals surface area contributed by atoms with Crippen LogP contribution in [-0.2, 0) is 0 Å². The highest BCUT2D eigenvalue weighted by molar-refractivity contribution is 6.31. The molecule has 4 nitrogen and oxygen atoms in total. The van der Waals surface area contributed by atoms with Crippen molar-refractivity contribution in [3.05, 3.63) is 34.4 Å². The molecule has 6 heteroatoms. The van der Waals surface area contributed by atoms with E-state index in [1.165, 1.54) is 23.9 Å². The Morgan fingerprint density at radius 1 is 1.39 bits per heavy atom. The van der Waals surface area contributed by atoms with Gasteiger partial charge >= 0.3 is 0 Å². The first kappa shape index (κ1) is 12.7. The van der Waals surface area contributed by atoms with Crippen LogP contribution in [0.25, 0.3) is 5.69 Å². The maximum Gasteiger partial charge on any atom is 0.151 e. The van der Waals surface area contributed by atoms with Crippen LogP contribution >= 0.6 is 11.6 Å². The van der Waals surface area contributed by atoms with Crippen molar-refractivity contribution < 1.29 is 9.13 Å². The predicted molar refractivity (Wildman–Crippen MR) is 69.0 cm³/mol. The van der Waals surface area contributed by atoms with Gasteiger partial charge < -0.3 is 10.5 Å². The molecule has 0 radical (unpaired) electrons. The van der Waals surface area contributed by atoms with Crippen LogP contribution in [0.4, 0.5) is 10.1 Å². The fraction of sp³-hybridized carbons (Fsp3) is 0.250. The Morgan fingerprint density at radius 2 is 2.06 bits per heavy atom. The molecule has 0 aliphatic heterocycles. The number of methoxy groups -OCH3 is 1. The van der Waals surface area contributed by atoms with Gasteiger partial charge in [-0.15, -0.1) is 0 Å². The molecule has 0 amide bonds. The van der Waals surface area contributed by atoms with Gasteiger partial charge in [0.05, 0.1) is 29.2 Å². The van der Waals surface area contributed by atoms with Gasteiger partial charge in [0, 0.05) is 12.1 Å². The lowest BCUT2D eigenvalue weighted by molar-refractivity contribution is 0.415. The Morgan fingerprint density at radius 3 is 2.56 bits per heavy atom. The molecule has 0 atom stereocenters. The molecule has 0 saturated carbocycles. The molecule has 96 valence electrons. The first-order valence-electron chi connectivity index (χ1n) is 5.30. The van der Waals surface area contributed by atoms with Gasteiger partial charge in [0.2, 0.25) is 0 Å². The van der Waals surface area contributed by atoms with E-state index in [2.05, 4.69) is 5.10 Å². The number of nitrogens with two attached hydrogens (primary N) is 1. The summed E-state index contributed by atoms with van der Waals surface area (Å²) in [7, 11) is 1.47. The number of hydrogen-bond acceptors (Lipinski definition) is 3. The van der Waals surface area contributed by atoms with Crippen LogP contribution in [0.5, 0.6) is 5.75 Å². The highest BCUT2D eigenvalue weighted by atomic mass is 35.5. The highest BCUT2D eigenvalue weighted by Gasteiger charge is 2.16. The first-order valence-corrected chi connectivity index (χ1v) is 5.68. The summed E-state index contributed by atoms with van der Waals surface area (Å²) >= 11 is 6.04. The molecule has 0 bridgehead atoms. The van der Waals surface area contributed by atoms with Crippen LogP contribution in [0.3, 0.4) is 0 Å². The quantitative estimate of drug-likeness (QED) is 0.853. The third-order valence-electron chi connectivity index (χ3n) is 2.73. The molecule has 0 saturated heterocycles. The summed E-state index contributed by atoms with van der Waals surface area (Å²) in [6, 6.07) is 2.71. The van der Waals surface area contributed by atoms with E-state index in [0.29, 0.717) is 22.2 Å². The van der Waals surface area contributed by atoms with Crippen molar-refractivity contribution in [2.24, 2.45) is 0 Å². The topological polar surface area (TPSA) is 53.1 Å². The lowest BCUT2D eigenvalue weighted by atomic mass is 10.2. The summed E-state index contributed by atoms with van der Waals surface area (Å²) in [5, 5.41) is 4.71. The monoisotopic (exact) mass is 269 g/mol. The van der Waals surface area contributed by atoms with Gasteiger partial charge in [0.15, 0.2) is 5.82 Å². The number of anilines is 1. The Bertz CT molecular complexity index is 610. The molecule has 1 aromatic carbocycles. The first-order chi connectivity index (χ1) is 8.45. The van der Waals surface area contributed by atoms with Crippen LogP contribution in [0.15, 0.2) is 12.1 Å². The van der Waals surface area contributed by atoms with Gasteiger partial charge in [0.25, 0.3) is 0 Å². The van der Waals surface area contributed by atoms with Gasteiger partial charge in [-0.05, 0) is 13.8 Å². The van der Waals surface area contributed by atoms with Crippen LogP contribution in [-0.4, -0.2) is 16.9 Å². The lowest BCUT2D eigenvalue weighted by Crippen LogP contribution is -2.04. The van der Waals surface area contributed by atoms with Crippen LogP contribution in [0.2, 0.25) is 5.02 Å². The van der Waals surface area contributed by atoms with Crippen LogP contribution in [0.1, 0.15) is 11.4 Å². The molecular formula is C12H13ClFN3O. The standard InChI is InChI=1S/C12H13ClFN3O/c1-6-12(13)7(2)17(16-6)10-5-11(18-3)9(15)4-8(10)14/h4-5H,15H2,1-3H3. The zero-order valence-corrected chi connectivity index (χ0v) is 11.0. The van der Waals surface area contributed by atoms with Crippen molar-refractivity contribution in [1.29, 1.82) is 0 Å². The minimum atomic E-state index is -0.476. The summed E-state index contributed by atoms with van der Waals surface area (Å²) in [5.41, 5.74) is 7.44. The summed E-state index contributed by atoms with van der Waals surface area (Å²) in [6.07, 6.45) is 0. The molecule has 2 N–H and O–H groups in total. The van der Waals surface area contributed by atoms with E-state index in [-0.39, 0.29) is 11.4 Å². The fourth-order valence-electron chi connectivity index (χ4n) is 1.76. The highest BCUT2D eigenvalue weighted by Crippen LogP contribution is 2.29. The molecule has 1 aromatic heterocycles. The lowest BCUT2D eigenvalue weighted by Gasteiger charge is -2.10. The summed E-state index contributed by atoms with van der Waals surface area (Å²) < 4.78 is 20.4. The van der Waals surface area contributed by atoms with E-state index in [1.807, 2.05) is 0 Å².